The van der Waals surface area contributed by atoms with Gasteiger partial charge in [-0.2, -0.15) is 0 Å². The zero-order valence-electron chi connectivity index (χ0n) is 23.6. The number of nitrogens with one attached hydrogen (secondary N) is 2. The van der Waals surface area contributed by atoms with Gasteiger partial charge in [-0.25, -0.2) is 23.7 Å². The smallest absolute Gasteiger partial charge is 0.228 e. The second-order valence-corrected chi connectivity index (χ2v) is 11.0. The highest BCUT2D eigenvalue weighted by Crippen LogP contribution is 2.43. The number of imidazole rings is 1. The Morgan fingerprint density at radius 2 is 1.83 bits per heavy atom. The first kappa shape index (κ1) is 29.1. The number of aliphatic hydroxyl groups is 2. The zero-order chi connectivity index (χ0) is 30.2. The average molecular weight is 575 g/mol. The van der Waals surface area contributed by atoms with Crippen LogP contribution in [0.15, 0.2) is 54.9 Å². The second-order valence-electron chi connectivity index (χ2n) is 11.0. The third-order valence-corrected chi connectivity index (χ3v) is 8.10. The van der Waals surface area contributed by atoms with Gasteiger partial charge in [0.2, 0.25) is 11.7 Å². The van der Waals surface area contributed by atoms with Gasteiger partial charge in [0.25, 0.3) is 0 Å². The van der Waals surface area contributed by atoms with Gasteiger partial charge in [0.15, 0.2) is 34.8 Å². The molecule has 0 bridgehead atoms. The molecule has 5 rings (SSSR count). The Hall–Kier alpha value is -4.40. The van der Waals surface area contributed by atoms with E-state index in [0.717, 1.165) is 18.6 Å². The summed E-state index contributed by atoms with van der Waals surface area (Å²) in [5.74, 6) is 3.44. The Balaban J connectivity index is 1.55. The predicted molar refractivity (Wildman–Crippen MR) is 153 cm³/mol. The maximum absolute atomic E-state index is 13.7. The van der Waals surface area contributed by atoms with Gasteiger partial charge in [-0.15, -0.1) is 0 Å². The Labute approximate surface area is 242 Å². The molecule has 4 N–H and O–H groups in total. The van der Waals surface area contributed by atoms with Crippen molar-refractivity contribution in [3.63, 3.8) is 0 Å². The van der Waals surface area contributed by atoms with Crippen molar-refractivity contribution in [3.05, 3.63) is 83.4 Å². The normalized spacial score (nSPS) is 19.0. The van der Waals surface area contributed by atoms with Crippen LogP contribution in [0.3, 0.4) is 0 Å². The zero-order valence-corrected chi connectivity index (χ0v) is 23.6. The minimum Gasteiger partial charge on any atom is -0.387 e. The molecular weight excluding hydrogens is 542 g/mol. The van der Waals surface area contributed by atoms with Crippen LogP contribution >= 0.6 is 0 Å². The van der Waals surface area contributed by atoms with E-state index in [9.17, 15) is 23.8 Å². The lowest BCUT2D eigenvalue weighted by molar-refractivity contribution is -0.154. The summed E-state index contributed by atoms with van der Waals surface area (Å²) >= 11 is 0. The van der Waals surface area contributed by atoms with Crippen LogP contribution in [0.5, 0.6) is 0 Å². The number of halogens is 2. The molecule has 4 aromatic rings. The van der Waals surface area contributed by atoms with Gasteiger partial charge in [-0.1, -0.05) is 50.1 Å². The summed E-state index contributed by atoms with van der Waals surface area (Å²) in [6, 6.07) is 13.4. The summed E-state index contributed by atoms with van der Waals surface area (Å²) in [6.45, 7) is 5.15. The molecule has 2 aromatic carbocycles. The number of aromatic nitrogens is 4. The first-order chi connectivity index (χ1) is 20.0. The number of benzene rings is 2. The van der Waals surface area contributed by atoms with Gasteiger partial charge in [-0.05, 0) is 48.9 Å². The van der Waals surface area contributed by atoms with E-state index in [1.165, 1.54) is 29.6 Å². The molecule has 0 saturated heterocycles. The number of hydrogen-bond acceptors (Lipinski definition) is 7. The van der Waals surface area contributed by atoms with Crippen molar-refractivity contribution in [1.82, 2.24) is 24.8 Å². The van der Waals surface area contributed by atoms with E-state index in [1.54, 1.807) is 20.8 Å². The van der Waals surface area contributed by atoms with E-state index in [0.29, 0.717) is 11.3 Å². The number of hydrogen-bond donors (Lipinski definition) is 4. The van der Waals surface area contributed by atoms with Crippen LogP contribution in [0.4, 0.5) is 14.6 Å². The number of fused-ring (bicyclic) bond motifs is 1. The number of rotatable bonds is 8. The minimum atomic E-state index is -1.59. The molecule has 1 aliphatic carbocycles. The fraction of sp³-hybridized carbons (Fsp3) is 0.355. The predicted octanol–water partition coefficient (Wildman–Crippen LogP) is 3.73. The van der Waals surface area contributed by atoms with Crippen LogP contribution in [0.2, 0.25) is 0 Å². The first-order valence-corrected chi connectivity index (χ1v) is 13.7. The second kappa shape index (κ2) is 11.5. The Bertz CT molecular complexity index is 1680. The molecule has 0 radical (unpaired) electrons. The summed E-state index contributed by atoms with van der Waals surface area (Å²) in [7, 11) is 1.47. The molecule has 1 aliphatic rings. The van der Waals surface area contributed by atoms with Gasteiger partial charge in [0.05, 0.1) is 11.7 Å². The Morgan fingerprint density at radius 3 is 2.50 bits per heavy atom. The number of carbonyl (C=O) groups excluding carboxylic acids is 1. The molecule has 1 saturated carbocycles. The summed E-state index contributed by atoms with van der Waals surface area (Å²) < 4.78 is 28.4. The highest BCUT2D eigenvalue weighted by atomic mass is 19.2. The van der Waals surface area contributed by atoms with Crippen LogP contribution < -0.4 is 10.6 Å². The lowest BCUT2D eigenvalue weighted by Gasteiger charge is -2.38. The van der Waals surface area contributed by atoms with E-state index < -0.39 is 35.3 Å². The van der Waals surface area contributed by atoms with Crippen molar-refractivity contribution in [2.45, 2.75) is 51.5 Å². The van der Waals surface area contributed by atoms with Crippen molar-refractivity contribution in [1.29, 1.82) is 0 Å². The van der Waals surface area contributed by atoms with Gasteiger partial charge in [0.1, 0.15) is 6.10 Å². The summed E-state index contributed by atoms with van der Waals surface area (Å²) in [5, 5.41) is 28.6. The lowest BCUT2D eigenvalue weighted by atomic mass is 9.72. The molecule has 11 heteroatoms. The van der Waals surface area contributed by atoms with Crippen molar-refractivity contribution in [2.24, 2.45) is 11.3 Å². The van der Waals surface area contributed by atoms with Crippen LogP contribution in [-0.2, 0) is 4.79 Å². The Kier molecular flexibility index (Phi) is 7.95. The number of aliphatic hydroxyl groups excluding tert-OH is 2. The number of carbonyl (C=O) groups is 1. The molecule has 0 aliphatic heterocycles. The molecule has 4 unspecified atom stereocenters. The van der Waals surface area contributed by atoms with E-state index in [4.69, 9.17) is 0 Å². The molecule has 0 spiro atoms. The van der Waals surface area contributed by atoms with Gasteiger partial charge in [-0.3, -0.25) is 9.36 Å². The Morgan fingerprint density at radius 1 is 1.10 bits per heavy atom. The highest BCUT2D eigenvalue weighted by molar-refractivity contribution is 5.85. The largest absolute Gasteiger partial charge is 0.387 e. The fourth-order valence-corrected chi connectivity index (χ4v) is 5.04. The number of anilines is 1. The summed E-state index contributed by atoms with van der Waals surface area (Å²) in [4.78, 5) is 26.3. The van der Waals surface area contributed by atoms with E-state index in [1.807, 2.05) is 18.2 Å². The van der Waals surface area contributed by atoms with Crippen LogP contribution in [-0.4, -0.2) is 54.8 Å². The molecular formula is C31H32F2N6O3. The van der Waals surface area contributed by atoms with Gasteiger partial charge in [0, 0.05) is 24.6 Å². The molecule has 1 fully saturated rings. The third kappa shape index (κ3) is 5.43. The van der Waals surface area contributed by atoms with Gasteiger partial charge < -0.3 is 20.8 Å². The minimum absolute atomic E-state index is 0.0352. The van der Waals surface area contributed by atoms with Crippen molar-refractivity contribution in [3.8, 4) is 11.8 Å². The molecule has 2 heterocycles. The number of amides is 1. The van der Waals surface area contributed by atoms with Crippen molar-refractivity contribution < 1.29 is 23.8 Å². The highest BCUT2D eigenvalue weighted by Gasteiger charge is 2.47. The van der Waals surface area contributed by atoms with Crippen LogP contribution in [0.25, 0.3) is 11.2 Å². The number of nitrogens with zero attached hydrogens (tertiary/aromatic N) is 4. The SMILES string of the molecule is CNC(=O)C(C)(C(C)C)C(O)[C@@H](O)n1cnc2c(NC3CC3c3ccccc3)nc(C#Cc3ccc(F)c(F)c3)nc21. The van der Waals surface area contributed by atoms with Gasteiger partial charge >= 0.3 is 0 Å². The van der Waals surface area contributed by atoms with Crippen LogP contribution in [0.1, 0.15) is 56.3 Å². The van der Waals surface area contributed by atoms with E-state index in [-0.39, 0.29) is 34.9 Å². The summed E-state index contributed by atoms with van der Waals surface area (Å²) in [6.07, 6.45) is -0.917. The maximum atomic E-state index is 13.7. The van der Waals surface area contributed by atoms with Crippen LogP contribution in [0, 0.1) is 34.8 Å². The molecule has 9 nitrogen and oxygen atoms in total. The summed E-state index contributed by atoms with van der Waals surface area (Å²) in [5.41, 5.74) is 0.578. The molecule has 1 amide bonds. The molecule has 218 valence electrons. The van der Waals surface area contributed by atoms with E-state index >= 15 is 0 Å². The standard InChI is InChI=1S/C31H32F2N6O3/c1-17(2)31(3,30(42)34-4)26(40)29(41)39-16-35-25-27(36-23-15-20(23)19-8-6-5-7-9-19)37-24(38-28(25)39)13-11-18-10-12-21(32)22(33)14-18/h5-10,12,14,16-17,20,23,26,29,40-41H,15H2,1-4H3,(H,34,42)(H,36,37,38)/t20?,23?,26?,29-,31?/m1/s1. The quantitative estimate of drug-likeness (QED) is 0.236. The molecule has 42 heavy (non-hydrogen) atoms. The monoisotopic (exact) mass is 574 g/mol. The fourth-order valence-electron chi connectivity index (χ4n) is 5.04. The average Bonchev–Trinajstić information content (AvgIpc) is 3.63. The van der Waals surface area contributed by atoms with Crippen molar-refractivity contribution in [2.75, 3.05) is 12.4 Å². The van der Waals surface area contributed by atoms with Crippen molar-refractivity contribution >= 4 is 22.9 Å². The maximum Gasteiger partial charge on any atom is 0.228 e. The lowest BCUT2D eigenvalue weighted by Crippen LogP contribution is -2.52. The third-order valence-electron chi connectivity index (χ3n) is 8.10. The van der Waals surface area contributed by atoms with E-state index in [2.05, 4.69) is 49.6 Å². The molecule has 5 atom stereocenters. The molecule has 2 aromatic heterocycles. The first-order valence-electron chi connectivity index (χ1n) is 13.7. The topological polar surface area (TPSA) is 125 Å².